The van der Waals surface area contributed by atoms with Crippen LogP contribution in [0.5, 0.6) is 0 Å². The third-order valence-electron chi connectivity index (χ3n) is 6.13. The van der Waals surface area contributed by atoms with Gasteiger partial charge >= 0.3 is 0 Å². The summed E-state index contributed by atoms with van der Waals surface area (Å²) in [7, 11) is 0. The molecule has 0 unspecified atom stereocenters. The van der Waals surface area contributed by atoms with Gasteiger partial charge in [-0.15, -0.1) is 0 Å². The van der Waals surface area contributed by atoms with Crippen LogP contribution in [0.15, 0.2) is 48.5 Å². The number of nitrogens with zero attached hydrogens (tertiary/aromatic N) is 1. The molecule has 1 aliphatic rings. The highest BCUT2D eigenvalue weighted by Gasteiger charge is 2.25. The first kappa shape index (κ1) is 28.6. The molecule has 4 N–H and O–H groups in total. The number of carbonyl (C=O) groups excluding carboxylic acids is 3. The number of hydrogen-bond donors (Lipinski definition) is 4. The Morgan fingerprint density at radius 2 is 1.45 bits per heavy atom. The third-order valence-corrected chi connectivity index (χ3v) is 6.13. The minimum Gasteiger partial charge on any atom is -0.391 e. The number of nitrogens with one attached hydrogen (secondary N) is 2. The monoisotopic (exact) mass is 515 g/mol. The number of amides is 2. The molecule has 0 radical (unpaired) electrons. The molecule has 2 atom stereocenters. The molecule has 1 aliphatic heterocycles. The fourth-order valence-electron chi connectivity index (χ4n) is 4.04. The van der Waals surface area contributed by atoms with Crippen LogP contribution in [0.4, 0.5) is 5.69 Å². The maximum atomic E-state index is 12.4. The van der Waals surface area contributed by atoms with Crippen molar-refractivity contribution in [2.75, 3.05) is 31.6 Å². The van der Waals surface area contributed by atoms with Crippen molar-refractivity contribution in [3.8, 4) is 23.7 Å². The summed E-state index contributed by atoms with van der Waals surface area (Å²) in [5, 5.41) is 24.0. The van der Waals surface area contributed by atoms with E-state index in [1.165, 1.54) is 19.8 Å². The summed E-state index contributed by atoms with van der Waals surface area (Å²) in [6.45, 7) is 2.95. The van der Waals surface area contributed by atoms with Gasteiger partial charge in [-0.2, -0.15) is 0 Å². The second kappa shape index (κ2) is 14.7. The number of aliphatic hydroxyl groups is 2. The Morgan fingerprint density at radius 3 is 1.97 bits per heavy atom. The molecule has 0 bridgehead atoms. The molecule has 1 fully saturated rings. The van der Waals surface area contributed by atoms with Crippen LogP contribution >= 0.6 is 0 Å². The van der Waals surface area contributed by atoms with Gasteiger partial charge in [-0.1, -0.05) is 24.7 Å². The van der Waals surface area contributed by atoms with E-state index in [1.54, 1.807) is 24.3 Å². The molecule has 1 heterocycles. The van der Waals surface area contributed by atoms with Gasteiger partial charge in [0.1, 0.15) is 12.6 Å². The molecule has 8 nitrogen and oxygen atoms in total. The van der Waals surface area contributed by atoms with E-state index in [0.717, 1.165) is 37.2 Å². The standard InChI is InChI=1S/C30H33N3O5/c1-22(35)29(27(36)21-34)32-30(38)25-14-10-23(11-15-25)8-4-5-9-24-12-16-26(17-13-24)31-28(37)20-33-18-6-2-3-7-19-33/h10-17,22,29,34-35H,2-3,6-7,18-21H2,1H3,(H,31,37)(H,32,38)/t22-,29+/m1/s1. The number of likely N-dealkylation sites (tertiary alicyclic amines) is 1. The highest BCUT2D eigenvalue weighted by molar-refractivity contribution is 5.98. The molecule has 2 aromatic carbocycles. The van der Waals surface area contributed by atoms with E-state index in [-0.39, 0.29) is 11.5 Å². The number of hydrogen-bond acceptors (Lipinski definition) is 6. The molecule has 0 spiro atoms. The summed E-state index contributed by atoms with van der Waals surface area (Å²) in [4.78, 5) is 38.6. The van der Waals surface area contributed by atoms with Crippen molar-refractivity contribution in [3.05, 3.63) is 65.2 Å². The maximum absolute atomic E-state index is 12.4. The zero-order valence-electron chi connectivity index (χ0n) is 21.5. The summed E-state index contributed by atoms with van der Waals surface area (Å²) in [5.41, 5.74) is 2.43. The number of carbonyl (C=O) groups is 3. The molecule has 8 heteroatoms. The molecule has 0 saturated carbocycles. The first-order valence-corrected chi connectivity index (χ1v) is 12.7. The lowest BCUT2D eigenvalue weighted by molar-refractivity contribution is -0.126. The Bertz CT molecular complexity index is 1220. The van der Waals surface area contributed by atoms with Gasteiger partial charge in [0, 0.05) is 22.4 Å². The van der Waals surface area contributed by atoms with Gasteiger partial charge in [-0.05, 0) is 93.2 Å². The Labute approximate surface area is 223 Å². The van der Waals surface area contributed by atoms with E-state index in [1.807, 2.05) is 24.3 Å². The van der Waals surface area contributed by atoms with Crippen molar-refractivity contribution in [2.45, 2.75) is 44.8 Å². The zero-order valence-corrected chi connectivity index (χ0v) is 21.5. The van der Waals surface area contributed by atoms with Crippen LogP contribution in [-0.2, 0) is 9.59 Å². The van der Waals surface area contributed by atoms with Crippen LogP contribution < -0.4 is 10.6 Å². The molecule has 0 aromatic heterocycles. The summed E-state index contributed by atoms with van der Waals surface area (Å²) in [5.74, 6) is 10.2. The topological polar surface area (TPSA) is 119 Å². The summed E-state index contributed by atoms with van der Waals surface area (Å²) >= 11 is 0. The Hall–Kier alpha value is -3.95. The minimum absolute atomic E-state index is 0.0125. The normalized spacial score (nSPS) is 14.9. The third kappa shape index (κ3) is 9.17. The van der Waals surface area contributed by atoms with Gasteiger partial charge in [-0.25, -0.2) is 0 Å². The first-order valence-electron chi connectivity index (χ1n) is 12.7. The lowest BCUT2D eigenvalue weighted by Crippen LogP contribution is -2.48. The van der Waals surface area contributed by atoms with E-state index in [4.69, 9.17) is 5.11 Å². The lowest BCUT2D eigenvalue weighted by atomic mass is 10.1. The van der Waals surface area contributed by atoms with Gasteiger partial charge in [0.25, 0.3) is 5.91 Å². The molecule has 38 heavy (non-hydrogen) atoms. The molecule has 2 amide bonds. The maximum Gasteiger partial charge on any atom is 0.251 e. The fourth-order valence-corrected chi connectivity index (χ4v) is 4.04. The number of ketones is 1. The number of anilines is 1. The number of rotatable bonds is 8. The zero-order chi connectivity index (χ0) is 27.3. The van der Waals surface area contributed by atoms with Gasteiger partial charge in [0.05, 0.1) is 12.6 Å². The van der Waals surface area contributed by atoms with Crippen LogP contribution in [0.3, 0.4) is 0 Å². The van der Waals surface area contributed by atoms with Crippen molar-refractivity contribution in [1.29, 1.82) is 0 Å². The highest BCUT2D eigenvalue weighted by Crippen LogP contribution is 2.12. The fraction of sp³-hybridized carbons (Fsp3) is 0.367. The number of benzene rings is 2. The predicted octanol–water partition coefficient (Wildman–Crippen LogP) is 1.94. The van der Waals surface area contributed by atoms with Gasteiger partial charge in [0.2, 0.25) is 5.91 Å². The largest absolute Gasteiger partial charge is 0.391 e. The van der Waals surface area contributed by atoms with Crippen molar-refractivity contribution in [2.24, 2.45) is 0 Å². The van der Waals surface area contributed by atoms with Gasteiger partial charge < -0.3 is 20.8 Å². The SMILES string of the molecule is C[C@@H](O)[C@H](NC(=O)c1ccc(C#CC#Cc2ccc(NC(=O)CN3CCCCCC3)cc2)cc1)C(=O)CO. The molecule has 2 aromatic rings. The Morgan fingerprint density at radius 1 is 0.895 bits per heavy atom. The van der Waals surface area contributed by atoms with Crippen LogP contribution in [0.1, 0.15) is 54.1 Å². The molecule has 3 rings (SSSR count). The van der Waals surface area contributed by atoms with Crippen LogP contribution in [0.25, 0.3) is 0 Å². The minimum atomic E-state index is -1.18. The smallest absolute Gasteiger partial charge is 0.251 e. The van der Waals surface area contributed by atoms with Gasteiger partial charge in [-0.3, -0.25) is 19.3 Å². The summed E-state index contributed by atoms with van der Waals surface area (Å²) < 4.78 is 0. The molecule has 0 aliphatic carbocycles. The van der Waals surface area contributed by atoms with E-state index in [0.29, 0.717) is 12.1 Å². The number of aliphatic hydroxyl groups excluding tert-OH is 2. The molecule has 198 valence electrons. The van der Waals surface area contributed by atoms with E-state index < -0.39 is 30.4 Å². The summed E-state index contributed by atoms with van der Waals surface area (Å²) in [6.07, 6.45) is 3.63. The second-order valence-electron chi connectivity index (χ2n) is 9.21. The predicted molar refractivity (Wildman–Crippen MR) is 145 cm³/mol. The lowest BCUT2D eigenvalue weighted by Gasteiger charge is -2.19. The van der Waals surface area contributed by atoms with E-state index in [9.17, 15) is 19.5 Å². The quantitative estimate of drug-likeness (QED) is 0.399. The van der Waals surface area contributed by atoms with Gasteiger partial charge in [0.15, 0.2) is 5.78 Å². The Balaban J connectivity index is 1.51. The van der Waals surface area contributed by atoms with Crippen molar-refractivity contribution in [3.63, 3.8) is 0 Å². The Kier molecular flexibility index (Phi) is 11.1. The average molecular weight is 516 g/mol. The average Bonchev–Trinajstić information content (AvgIpc) is 3.18. The first-order chi connectivity index (χ1) is 18.4. The number of Topliss-reactive ketones (excluding diaryl/α,β-unsaturated/α-hetero) is 1. The van der Waals surface area contributed by atoms with E-state index >= 15 is 0 Å². The second-order valence-corrected chi connectivity index (χ2v) is 9.21. The van der Waals surface area contributed by atoms with Crippen molar-refractivity contribution >= 4 is 23.3 Å². The van der Waals surface area contributed by atoms with Crippen LogP contribution in [0, 0.1) is 23.7 Å². The van der Waals surface area contributed by atoms with Crippen LogP contribution in [0.2, 0.25) is 0 Å². The van der Waals surface area contributed by atoms with Crippen molar-refractivity contribution < 1.29 is 24.6 Å². The van der Waals surface area contributed by atoms with E-state index in [2.05, 4.69) is 39.2 Å². The molecule has 1 saturated heterocycles. The summed E-state index contributed by atoms with van der Waals surface area (Å²) in [6, 6.07) is 12.5. The molecular formula is C30H33N3O5. The van der Waals surface area contributed by atoms with Crippen LogP contribution in [-0.4, -0.2) is 71.1 Å². The highest BCUT2D eigenvalue weighted by atomic mass is 16.3. The molecular weight excluding hydrogens is 482 g/mol. The van der Waals surface area contributed by atoms with Crippen molar-refractivity contribution in [1.82, 2.24) is 10.2 Å².